The standard InChI is InChI=1S/C20H11FN2O/c21-17-6-3-5-14(10-17)16(13-23)11-18-8-9-20(24-18)19-7-2-1-4-15(19)12-22/h1-11H/b16-11-. The molecule has 24 heavy (non-hydrogen) atoms. The van der Waals surface area contributed by atoms with Crippen LogP contribution in [0.5, 0.6) is 0 Å². The normalized spacial score (nSPS) is 10.9. The monoisotopic (exact) mass is 314 g/mol. The van der Waals surface area contributed by atoms with E-state index in [4.69, 9.17) is 9.68 Å². The number of hydrogen-bond acceptors (Lipinski definition) is 3. The van der Waals surface area contributed by atoms with Crippen LogP contribution in [-0.4, -0.2) is 0 Å². The molecule has 0 radical (unpaired) electrons. The van der Waals surface area contributed by atoms with Gasteiger partial charge in [-0.3, -0.25) is 0 Å². The summed E-state index contributed by atoms with van der Waals surface area (Å²) in [6.07, 6.45) is 1.55. The van der Waals surface area contributed by atoms with Crippen LogP contribution >= 0.6 is 0 Å². The maximum atomic E-state index is 13.3. The summed E-state index contributed by atoms with van der Waals surface area (Å²) in [4.78, 5) is 0. The first-order valence-electron chi connectivity index (χ1n) is 7.18. The Bertz CT molecular complexity index is 1000. The first-order valence-corrected chi connectivity index (χ1v) is 7.18. The zero-order valence-corrected chi connectivity index (χ0v) is 12.5. The van der Waals surface area contributed by atoms with Crippen LogP contribution in [0.25, 0.3) is 23.0 Å². The number of benzene rings is 2. The zero-order valence-electron chi connectivity index (χ0n) is 12.5. The van der Waals surface area contributed by atoms with E-state index in [1.54, 1.807) is 48.5 Å². The van der Waals surface area contributed by atoms with E-state index >= 15 is 0 Å². The van der Waals surface area contributed by atoms with Gasteiger partial charge in [0.15, 0.2) is 0 Å². The fourth-order valence-electron chi connectivity index (χ4n) is 2.35. The Morgan fingerprint density at radius 3 is 2.58 bits per heavy atom. The molecule has 0 aliphatic rings. The van der Waals surface area contributed by atoms with Gasteiger partial charge in [0.05, 0.1) is 23.3 Å². The van der Waals surface area contributed by atoms with Crippen molar-refractivity contribution in [1.29, 1.82) is 10.5 Å². The van der Waals surface area contributed by atoms with Crippen molar-refractivity contribution in [2.75, 3.05) is 0 Å². The highest BCUT2D eigenvalue weighted by Crippen LogP contribution is 2.27. The predicted octanol–water partition coefficient (Wildman–Crippen LogP) is 5.02. The van der Waals surface area contributed by atoms with Crippen molar-refractivity contribution >= 4 is 11.6 Å². The molecule has 2 aromatic carbocycles. The quantitative estimate of drug-likeness (QED) is 0.638. The van der Waals surface area contributed by atoms with Crippen LogP contribution in [0.1, 0.15) is 16.9 Å². The van der Waals surface area contributed by atoms with Crippen molar-refractivity contribution in [2.24, 2.45) is 0 Å². The molecule has 0 atom stereocenters. The predicted molar refractivity (Wildman–Crippen MR) is 88.7 cm³/mol. The second-order valence-corrected chi connectivity index (χ2v) is 5.04. The molecule has 0 saturated heterocycles. The van der Waals surface area contributed by atoms with Crippen molar-refractivity contribution < 1.29 is 8.81 Å². The highest BCUT2D eigenvalue weighted by Gasteiger charge is 2.09. The van der Waals surface area contributed by atoms with Crippen LogP contribution in [0.4, 0.5) is 4.39 Å². The molecule has 3 aromatic rings. The molecule has 0 saturated carbocycles. The van der Waals surface area contributed by atoms with Crippen molar-refractivity contribution in [1.82, 2.24) is 0 Å². The minimum absolute atomic E-state index is 0.295. The maximum absolute atomic E-state index is 13.3. The minimum Gasteiger partial charge on any atom is -0.457 e. The fourth-order valence-corrected chi connectivity index (χ4v) is 2.35. The summed E-state index contributed by atoms with van der Waals surface area (Å²) in [5, 5.41) is 18.5. The first-order chi connectivity index (χ1) is 11.7. The topological polar surface area (TPSA) is 60.7 Å². The smallest absolute Gasteiger partial charge is 0.136 e. The number of nitrogens with zero attached hydrogens (tertiary/aromatic N) is 2. The van der Waals surface area contributed by atoms with Gasteiger partial charge in [-0.1, -0.05) is 24.3 Å². The van der Waals surface area contributed by atoms with E-state index < -0.39 is 5.82 Å². The Morgan fingerprint density at radius 2 is 1.83 bits per heavy atom. The van der Waals surface area contributed by atoms with E-state index in [-0.39, 0.29) is 0 Å². The molecule has 3 nitrogen and oxygen atoms in total. The Balaban J connectivity index is 1.99. The first kappa shape index (κ1) is 15.3. The molecule has 4 heteroatoms. The number of rotatable bonds is 3. The van der Waals surface area contributed by atoms with Crippen LogP contribution in [-0.2, 0) is 0 Å². The summed E-state index contributed by atoms with van der Waals surface area (Å²) < 4.78 is 19.0. The number of allylic oxidation sites excluding steroid dienone is 1. The van der Waals surface area contributed by atoms with Gasteiger partial charge < -0.3 is 4.42 Å². The van der Waals surface area contributed by atoms with Gasteiger partial charge >= 0.3 is 0 Å². The van der Waals surface area contributed by atoms with Gasteiger partial charge in [-0.25, -0.2) is 4.39 Å². The van der Waals surface area contributed by atoms with Gasteiger partial charge in [-0.2, -0.15) is 10.5 Å². The third kappa shape index (κ3) is 3.09. The van der Waals surface area contributed by atoms with E-state index in [9.17, 15) is 9.65 Å². The summed E-state index contributed by atoms with van der Waals surface area (Å²) in [5.41, 5.74) is 1.97. The lowest BCUT2D eigenvalue weighted by atomic mass is 10.1. The van der Waals surface area contributed by atoms with Crippen LogP contribution in [0, 0.1) is 28.5 Å². The minimum atomic E-state index is -0.406. The molecule has 0 amide bonds. The van der Waals surface area contributed by atoms with E-state index in [2.05, 4.69) is 6.07 Å². The third-order valence-corrected chi connectivity index (χ3v) is 3.48. The van der Waals surface area contributed by atoms with Crippen LogP contribution in [0.2, 0.25) is 0 Å². The molecule has 114 valence electrons. The molecular formula is C20H11FN2O. The van der Waals surface area contributed by atoms with Crippen LogP contribution in [0.15, 0.2) is 65.1 Å². The van der Waals surface area contributed by atoms with Gasteiger partial charge in [0, 0.05) is 5.56 Å². The SMILES string of the molecule is N#C/C(=C/c1ccc(-c2ccccc2C#N)o1)c1cccc(F)c1. The van der Waals surface area contributed by atoms with E-state index in [1.165, 1.54) is 12.1 Å². The van der Waals surface area contributed by atoms with E-state index in [0.717, 1.165) is 0 Å². The molecule has 1 heterocycles. The van der Waals surface area contributed by atoms with Crippen LogP contribution < -0.4 is 0 Å². The maximum Gasteiger partial charge on any atom is 0.136 e. The largest absolute Gasteiger partial charge is 0.457 e. The molecule has 1 aromatic heterocycles. The van der Waals surface area contributed by atoms with Crippen molar-refractivity contribution in [2.45, 2.75) is 0 Å². The highest BCUT2D eigenvalue weighted by molar-refractivity contribution is 5.88. The van der Waals surface area contributed by atoms with E-state index in [0.29, 0.717) is 33.8 Å². The molecule has 0 fully saturated rings. The Labute approximate surface area is 138 Å². The number of nitriles is 2. The molecule has 0 spiro atoms. The summed E-state index contributed by atoms with van der Waals surface area (Å²) >= 11 is 0. The average molecular weight is 314 g/mol. The van der Waals surface area contributed by atoms with Crippen molar-refractivity contribution in [3.63, 3.8) is 0 Å². The van der Waals surface area contributed by atoms with Crippen molar-refractivity contribution in [3.8, 4) is 23.5 Å². The number of hydrogen-bond donors (Lipinski definition) is 0. The summed E-state index contributed by atoms with van der Waals surface area (Å²) in [6.45, 7) is 0. The molecule has 3 rings (SSSR count). The second-order valence-electron chi connectivity index (χ2n) is 5.04. The number of furan rings is 1. The molecule has 0 N–H and O–H groups in total. The Morgan fingerprint density at radius 1 is 1.00 bits per heavy atom. The summed E-state index contributed by atoms with van der Waals surface area (Å²) in [5.74, 6) is 0.588. The molecule has 0 aliphatic heterocycles. The van der Waals surface area contributed by atoms with Gasteiger partial charge in [0.25, 0.3) is 0 Å². The molecular weight excluding hydrogens is 303 g/mol. The van der Waals surface area contributed by atoms with Crippen LogP contribution in [0.3, 0.4) is 0 Å². The Hall–Kier alpha value is -3.63. The van der Waals surface area contributed by atoms with Gasteiger partial charge in [-0.05, 0) is 48.0 Å². The lowest BCUT2D eigenvalue weighted by molar-refractivity contribution is 0.572. The zero-order chi connectivity index (χ0) is 16.9. The molecule has 0 bridgehead atoms. The number of halogens is 1. The lowest BCUT2D eigenvalue weighted by Gasteiger charge is -2.00. The highest BCUT2D eigenvalue weighted by atomic mass is 19.1. The summed E-state index contributed by atoms with van der Waals surface area (Å²) in [7, 11) is 0. The van der Waals surface area contributed by atoms with Crippen molar-refractivity contribution in [3.05, 3.63) is 83.4 Å². The Kier molecular flexibility index (Phi) is 4.23. The fraction of sp³-hybridized carbons (Fsp3) is 0. The van der Waals surface area contributed by atoms with Gasteiger partial charge in [-0.15, -0.1) is 0 Å². The third-order valence-electron chi connectivity index (χ3n) is 3.48. The van der Waals surface area contributed by atoms with Gasteiger partial charge in [0.1, 0.15) is 17.3 Å². The summed E-state index contributed by atoms with van der Waals surface area (Å²) in [6, 6.07) is 20.5. The molecule has 0 unspecified atom stereocenters. The van der Waals surface area contributed by atoms with Gasteiger partial charge in [0.2, 0.25) is 0 Å². The average Bonchev–Trinajstić information content (AvgIpc) is 3.08. The second kappa shape index (κ2) is 6.64. The molecule has 0 aliphatic carbocycles. The lowest BCUT2D eigenvalue weighted by Crippen LogP contribution is -1.83. The van der Waals surface area contributed by atoms with E-state index in [1.807, 2.05) is 12.1 Å².